The molecule has 0 unspecified atom stereocenters. The lowest BCUT2D eigenvalue weighted by Gasteiger charge is -2.24. The number of nitrogens with one attached hydrogen (secondary N) is 2. The molecule has 5 heteroatoms. The van der Waals surface area contributed by atoms with Crippen LogP contribution < -0.4 is 10.6 Å². The van der Waals surface area contributed by atoms with Gasteiger partial charge in [-0.2, -0.15) is 0 Å². The number of guanidine groups is 1. The molecule has 4 nitrogen and oxygen atoms in total. The molecule has 0 aromatic carbocycles. The van der Waals surface area contributed by atoms with Crippen molar-refractivity contribution in [3.63, 3.8) is 0 Å². The number of aliphatic hydroxyl groups is 1. The Morgan fingerprint density at radius 1 is 1.26 bits per heavy atom. The molecule has 0 radical (unpaired) electrons. The third-order valence-electron chi connectivity index (χ3n) is 3.54. The van der Waals surface area contributed by atoms with Crippen molar-refractivity contribution in [2.24, 2.45) is 4.99 Å². The Labute approximate surface area is 134 Å². The quantitative estimate of drug-likeness (QED) is 0.287. The highest BCUT2D eigenvalue weighted by Gasteiger charge is 2.22. The second-order valence-corrected chi connectivity index (χ2v) is 4.91. The number of aliphatic imine (C=N–C) groups is 1. The van der Waals surface area contributed by atoms with Crippen LogP contribution in [0.25, 0.3) is 0 Å². The first-order chi connectivity index (χ1) is 8.63. The van der Waals surface area contributed by atoms with Gasteiger partial charge in [0.05, 0.1) is 12.1 Å². The van der Waals surface area contributed by atoms with E-state index in [0.717, 1.165) is 38.2 Å². The standard InChI is InChI=1S/C14H27N3O.HI/c1-4-14(18,5-2)11-16-13(15-6-3)17-12-9-7-8-10-12;/h7-8,12,18H,4-6,9-11H2,1-3H3,(H2,15,16,17);1H. The van der Waals surface area contributed by atoms with E-state index in [9.17, 15) is 5.11 Å². The Morgan fingerprint density at radius 2 is 1.84 bits per heavy atom. The van der Waals surface area contributed by atoms with E-state index in [1.807, 2.05) is 13.8 Å². The predicted octanol–water partition coefficient (Wildman–Crippen LogP) is 2.43. The van der Waals surface area contributed by atoms with E-state index in [4.69, 9.17) is 0 Å². The summed E-state index contributed by atoms with van der Waals surface area (Å²) in [6.45, 7) is 7.34. The minimum atomic E-state index is -0.670. The van der Waals surface area contributed by atoms with Crippen molar-refractivity contribution in [1.29, 1.82) is 0 Å². The zero-order valence-electron chi connectivity index (χ0n) is 12.3. The molecule has 0 atom stereocenters. The highest BCUT2D eigenvalue weighted by atomic mass is 127. The van der Waals surface area contributed by atoms with Crippen LogP contribution in [0.4, 0.5) is 0 Å². The second-order valence-electron chi connectivity index (χ2n) is 4.91. The van der Waals surface area contributed by atoms with E-state index < -0.39 is 5.60 Å². The molecule has 0 saturated heterocycles. The molecule has 0 aromatic rings. The van der Waals surface area contributed by atoms with Gasteiger partial charge in [0, 0.05) is 12.6 Å². The molecule has 0 heterocycles. The fourth-order valence-corrected chi connectivity index (χ4v) is 1.95. The largest absolute Gasteiger partial charge is 0.388 e. The molecule has 0 aliphatic heterocycles. The van der Waals surface area contributed by atoms with Crippen LogP contribution in [0.3, 0.4) is 0 Å². The van der Waals surface area contributed by atoms with Crippen molar-refractivity contribution in [3.8, 4) is 0 Å². The van der Waals surface area contributed by atoms with Crippen LogP contribution in [-0.2, 0) is 0 Å². The zero-order valence-corrected chi connectivity index (χ0v) is 14.6. The summed E-state index contributed by atoms with van der Waals surface area (Å²) in [7, 11) is 0. The lowest BCUT2D eigenvalue weighted by molar-refractivity contribution is 0.0417. The molecule has 0 saturated carbocycles. The summed E-state index contributed by atoms with van der Waals surface area (Å²) in [5.41, 5.74) is -0.670. The summed E-state index contributed by atoms with van der Waals surface area (Å²) in [6, 6.07) is 0.444. The second kappa shape index (κ2) is 9.58. The third kappa shape index (κ3) is 6.61. The molecule has 112 valence electrons. The minimum absolute atomic E-state index is 0. The minimum Gasteiger partial charge on any atom is -0.388 e. The van der Waals surface area contributed by atoms with Crippen molar-refractivity contribution < 1.29 is 5.11 Å². The Bertz CT molecular complexity index is 293. The average Bonchev–Trinajstić information content (AvgIpc) is 2.89. The number of hydrogen-bond donors (Lipinski definition) is 3. The summed E-state index contributed by atoms with van der Waals surface area (Å²) in [4.78, 5) is 4.51. The number of halogens is 1. The van der Waals surface area contributed by atoms with Crippen LogP contribution >= 0.6 is 24.0 Å². The summed E-state index contributed by atoms with van der Waals surface area (Å²) in [5, 5.41) is 16.9. The maximum atomic E-state index is 10.2. The maximum absolute atomic E-state index is 10.2. The van der Waals surface area contributed by atoms with Crippen LogP contribution in [0.15, 0.2) is 17.1 Å². The normalized spacial score (nSPS) is 16.3. The molecule has 1 aliphatic carbocycles. The first-order valence-corrected chi connectivity index (χ1v) is 7.05. The third-order valence-corrected chi connectivity index (χ3v) is 3.54. The highest BCUT2D eigenvalue weighted by molar-refractivity contribution is 14.0. The zero-order chi connectivity index (χ0) is 13.4. The summed E-state index contributed by atoms with van der Waals surface area (Å²) >= 11 is 0. The van der Waals surface area contributed by atoms with Crippen LogP contribution in [0.2, 0.25) is 0 Å². The predicted molar refractivity (Wildman–Crippen MR) is 92.2 cm³/mol. The number of nitrogens with zero attached hydrogens (tertiary/aromatic N) is 1. The van der Waals surface area contributed by atoms with Crippen LogP contribution in [0.1, 0.15) is 46.5 Å². The molecule has 0 fully saturated rings. The topological polar surface area (TPSA) is 56.7 Å². The Hall–Kier alpha value is -0.300. The maximum Gasteiger partial charge on any atom is 0.191 e. The van der Waals surface area contributed by atoms with Crippen LogP contribution in [0.5, 0.6) is 0 Å². The average molecular weight is 381 g/mol. The van der Waals surface area contributed by atoms with E-state index in [1.54, 1.807) is 0 Å². The van der Waals surface area contributed by atoms with E-state index in [1.165, 1.54) is 0 Å². The monoisotopic (exact) mass is 381 g/mol. The summed E-state index contributed by atoms with van der Waals surface area (Å²) in [5.74, 6) is 0.812. The van der Waals surface area contributed by atoms with Gasteiger partial charge in [0.15, 0.2) is 5.96 Å². The van der Waals surface area contributed by atoms with Gasteiger partial charge in [-0.3, -0.25) is 4.99 Å². The van der Waals surface area contributed by atoms with Crippen LogP contribution in [0, 0.1) is 0 Å². The van der Waals surface area contributed by atoms with Crippen molar-refractivity contribution in [1.82, 2.24) is 10.6 Å². The van der Waals surface area contributed by atoms with Crippen molar-refractivity contribution in [2.75, 3.05) is 13.1 Å². The molecule has 0 spiro atoms. The molecular weight excluding hydrogens is 353 g/mol. The fraction of sp³-hybridized carbons (Fsp3) is 0.786. The molecule has 1 aliphatic rings. The van der Waals surface area contributed by atoms with Gasteiger partial charge in [-0.25, -0.2) is 0 Å². The van der Waals surface area contributed by atoms with Gasteiger partial charge >= 0.3 is 0 Å². The molecule has 0 aromatic heterocycles. The smallest absolute Gasteiger partial charge is 0.191 e. The Kier molecular flexibility index (Phi) is 9.43. The Morgan fingerprint density at radius 3 is 2.32 bits per heavy atom. The molecular formula is C14H28IN3O. The van der Waals surface area contributed by atoms with Gasteiger partial charge in [-0.05, 0) is 32.6 Å². The number of rotatable bonds is 6. The fourth-order valence-electron chi connectivity index (χ4n) is 1.95. The van der Waals surface area contributed by atoms with Gasteiger partial charge < -0.3 is 15.7 Å². The molecule has 0 bridgehead atoms. The molecule has 3 N–H and O–H groups in total. The first-order valence-electron chi connectivity index (χ1n) is 7.05. The summed E-state index contributed by atoms with van der Waals surface area (Å²) in [6.07, 6.45) is 7.95. The van der Waals surface area contributed by atoms with Gasteiger partial charge in [-0.1, -0.05) is 26.0 Å². The summed E-state index contributed by atoms with van der Waals surface area (Å²) < 4.78 is 0. The van der Waals surface area contributed by atoms with Crippen molar-refractivity contribution in [3.05, 3.63) is 12.2 Å². The van der Waals surface area contributed by atoms with Crippen molar-refractivity contribution in [2.45, 2.75) is 58.1 Å². The van der Waals surface area contributed by atoms with Crippen LogP contribution in [-0.4, -0.2) is 35.8 Å². The van der Waals surface area contributed by atoms with E-state index in [0.29, 0.717) is 12.6 Å². The van der Waals surface area contributed by atoms with Gasteiger partial charge in [0.2, 0.25) is 0 Å². The van der Waals surface area contributed by atoms with Gasteiger partial charge in [0.25, 0.3) is 0 Å². The van der Waals surface area contributed by atoms with Gasteiger partial charge in [-0.15, -0.1) is 24.0 Å². The molecule has 1 rings (SSSR count). The van der Waals surface area contributed by atoms with Crippen molar-refractivity contribution >= 4 is 29.9 Å². The SMILES string of the molecule is CCNC(=NCC(O)(CC)CC)NC1CC=CC1.I. The molecule has 0 amide bonds. The van der Waals surface area contributed by atoms with E-state index in [-0.39, 0.29) is 24.0 Å². The highest BCUT2D eigenvalue weighted by Crippen LogP contribution is 2.15. The molecule has 19 heavy (non-hydrogen) atoms. The lowest BCUT2D eigenvalue weighted by atomic mass is 9.98. The van der Waals surface area contributed by atoms with E-state index in [2.05, 4.69) is 34.7 Å². The Balaban J connectivity index is 0.00000324. The number of hydrogen-bond acceptors (Lipinski definition) is 2. The first kappa shape index (κ1) is 18.7. The van der Waals surface area contributed by atoms with Gasteiger partial charge in [0.1, 0.15) is 0 Å². The van der Waals surface area contributed by atoms with E-state index >= 15 is 0 Å². The lowest BCUT2D eigenvalue weighted by Crippen LogP contribution is -2.43.